The predicted octanol–water partition coefficient (Wildman–Crippen LogP) is 2.25. The minimum absolute atomic E-state index is 0.948. The van der Waals surface area contributed by atoms with Gasteiger partial charge in [-0.25, -0.2) is 0 Å². The van der Waals surface area contributed by atoms with Crippen LogP contribution in [0.25, 0.3) is 0 Å². The number of likely N-dealkylation sites (tertiary alicyclic amines) is 1. The second kappa shape index (κ2) is 5.86. The summed E-state index contributed by atoms with van der Waals surface area (Å²) in [7, 11) is 2.06. The van der Waals surface area contributed by atoms with Gasteiger partial charge in [-0.2, -0.15) is 0 Å². The van der Waals surface area contributed by atoms with Gasteiger partial charge in [-0.15, -0.1) is 0 Å². The predicted molar refractivity (Wildman–Crippen MR) is 65.1 cm³/mol. The minimum Gasteiger partial charge on any atom is -0.320 e. The van der Waals surface area contributed by atoms with Crippen molar-refractivity contribution in [1.82, 2.24) is 10.2 Å². The van der Waals surface area contributed by atoms with Crippen molar-refractivity contribution >= 4 is 0 Å². The van der Waals surface area contributed by atoms with Crippen LogP contribution in [0, 0.1) is 5.92 Å². The van der Waals surface area contributed by atoms with Gasteiger partial charge in [0.15, 0.2) is 0 Å². The van der Waals surface area contributed by atoms with Gasteiger partial charge in [-0.05, 0) is 64.7 Å². The zero-order chi connectivity index (χ0) is 10.5. The van der Waals surface area contributed by atoms with Crippen molar-refractivity contribution in [3.05, 3.63) is 0 Å². The molecule has 2 fully saturated rings. The molecule has 2 aliphatic rings. The second-order valence-electron chi connectivity index (χ2n) is 5.25. The fourth-order valence-corrected chi connectivity index (χ4v) is 3.46. The van der Waals surface area contributed by atoms with Gasteiger partial charge < -0.3 is 10.2 Å². The minimum atomic E-state index is 0.948. The van der Waals surface area contributed by atoms with Crippen LogP contribution in [-0.4, -0.2) is 37.6 Å². The maximum absolute atomic E-state index is 3.25. The number of nitrogens with one attached hydrogen (secondary N) is 1. The van der Waals surface area contributed by atoms with E-state index in [-0.39, 0.29) is 0 Å². The Balaban J connectivity index is 1.81. The normalized spacial score (nSPS) is 32.6. The molecule has 2 nitrogen and oxygen atoms in total. The highest BCUT2D eigenvalue weighted by molar-refractivity contribution is 4.87. The molecule has 0 aromatic carbocycles. The van der Waals surface area contributed by atoms with E-state index >= 15 is 0 Å². The Hall–Kier alpha value is -0.0800. The van der Waals surface area contributed by atoms with Crippen LogP contribution in [-0.2, 0) is 0 Å². The fraction of sp³-hybridized carbons (Fsp3) is 1.00. The summed E-state index contributed by atoms with van der Waals surface area (Å²) in [6.07, 6.45) is 10.2. The first-order valence-electron chi connectivity index (χ1n) is 6.80. The molecule has 1 heterocycles. The molecule has 2 heteroatoms. The Bertz CT molecular complexity index is 179. The quantitative estimate of drug-likeness (QED) is 0.716. The topological polar surface area (TPSA) is 15.3 Å². The van der Waals surface area contributed by atoms with E-state index < -0.39 is 0 Å². The van der Waals surface area contributed by atoms with Crippen LogP contribution < -0.4 is 5.32 Å². The first kappa shape index (κ1) is 11.4. The van der Waals surface area contributed by atoms with Crippen LogP contribution >= 0.6 is 0 Å². The summed E-state index contributed by atoms with van der Waals surface area (Å²) in [6, 6.07) is 0.948. The molecule has 0 amide bonds. The number of hydrogen-bond acceptors (Lipinski definition) is 2. The first-order chi connectivity index (χ1) is 7.42. The zero-order valence-electron chi connectivity index (χ0n) is 10.2. The van der Waals surface area contributed by atoms with Gasteiger partial charge >= 0.3 is 0 Å². The summed E-state index contributed by atoms with van der Waals surface area (Å²) in [6.45, 7) is 3.86. The summed E-state index contributed by atoms with van der Waals surface area (Å²) >= 11 is 0. The molecule has 88 valence electrons. The number of nitrogens with zero attached hydrogens (tertiary/aromatic N) is 1. The second-order valence-corrected chi connectivity index (χ2v) is 5.25. The average Bonchev–Trinajstić information content (AvgIpc) is 2.30. The molecule has 2 rings (SSSR count). The molecule has 0 radical (unpaired) electrons. The van der Waals surface area contributed by atoms with Gasteiger partial charge in [-0.3, -0.25) is 0 Å². The van der Waals surface area contributed by atoms with E-state index in [1.54, 1.807) is 0 Å². The highest BCUT2D eigenvalue weighted by Crippen LogP contribution is 2.35. The standard InChI is InChI=1S/C13H26N2/c1-14-9-5-11-15-10-4-7-12-6-2-3-8-13(12)15/h12-14H,2-11H2,1H3. The average molecular weight is 210 g/mol. The molecule has 15 heavy (non-hydrogen) atoms. The lowest BCUT2D eigenvalue weighted by molar-refractivity contribution is 0.0603. The molecule has 1 aliphatic heterocycles. The lowest BCUT2D eigenvalue weighted by Gasteiger charge is -2.44. The zero-order valence-corrected chi connectivity index (χ0v) is 10.2. The molecule has 1 saturated carbocycles. The molecule has 0 spiro atoms. The molecule has 2 atom stereocenters. The Morgan fingerprint density at radius 1 is 1.13 bits per heavy atom. The molecule has 1 saturated heterocycles. The lowest BCUT2D eigenvalue weighted by Crippen LogP contribution is -2.47. The number of fused-ring (bicyclic) bond motifs is 1. The van der Waals surface area contributed by atoms with Crippen molar-refractivity contribution in [1.29, 1.82) is 0 Å². The van der Waals surface area contributed by atoms with Gasteiger partial charge in [0.05, 0.1) is 0 Å². The molecule has 1 aliphatic carbocycles. The number of hydrogen-bond donors (Lipinski definition) is 1. The Morgan fingerprint density at radius 3 is 2.80 bits per heavy atom. The third kappa shape index (κ3) is 2.94. The van der Waals surface area contributed by atoms with Gasteiger partial charge in [0.1, 0.15) is 0 Å². The van der Waals surface area contributed by atoms with E-state index in [0.29, 0.717) is 0 Å². The fourth-order valence-electron chi connectivity index (χ4n) is 3.46. The van der Waals surface area contributed by atoms with E-state index in [9.17, 15) is 0 Å². The molecular formula is C13H26N2. The number of rotatable bonds is 4. The van der Waals surface area contributed by atoms with Gasteiger partial charge in [-0.1, -0.05) is 12.8 Å². The number of piperidine rings is 1. The molecule has 1 N–H and O–H groups in total. The van der Waals surface area contributed by atoms with E-state index in [4.69, 9.17) is 0 Å². The van der Waals surface area contributed by atoms with Crippen molar-refractivity contribution in [2.45, 2.75) is 51.0 Å². The summed E-state index contributed by atoms with van der Waals surface area (Å²) in [4.78, 5) is 2.78. The van der Waals surface area contributed by atoms with Gasteiger partial charge in [0, 0.05) is 6.04 Å². The Morgan fingerprint density at radius 2 is 1.93 bits per heavy atom. The van der Waals surface area contributed by atoms with Crippen LogP contribution in [0.2, 0.25) is 0 Å². The molecular weight excluding hydrogens is 184 g/mol. The third-order valence-electron chi connectivity index (χ3n) is 4.23. The van der Waals surface area contributed by atoms with Gasteiger partial charge in [0.25, 0.3) is 0 Å². The Kier molecular flexibility index (Phi) is 4.45. The largest absolute Gasteiger partial charge is 0.320 e. The smallest absolute Gasteiger partial charge is 0.0123 e. The first-order valence-corrected chi connectivity index (χ1v) is 6.80. The monoisotopic (exact) mass is 210 g/mol. The summed E-state index contributed by atoms with van der Waals surface area (Å²) in [5.41, 5.74) is 0. The van der Waals surface area contributed by atoms with Gasteiger partial charge in [0.2, 0.25) is 0 Å². The molecule has 0 bridgehead atoms. The van der Waals surface area contributed by atoms with Crippen molar-refractivity contribution in [3.8, 4) is 0 Å². The molecule has 2 unspecified atom stereocenters. The highest BCUT2D eigenvalue weighted by Gasteiger charge is 2.32. The van der Waals surface area contributed by atoms with E-state index in [2.05, 4.69) is 17.3 Å². The lowest BCUT2D eigenvalue weighted by atomic mass is 9.78. The van der Waals surface area contributed by atoms with Crippen molar-refractivity contribution in [2.24, 2.45) is 5.92 Å². The van der Waals surface area contributed by atoms with E-state index in [0.717, 1.165) is 12.0 Å². The summed E-state index contributed by atoms with van der Waals surface area (Å²) in [5.74, 6) is 1.04. The maximum Gasteiger partial charge on any atom is 0.0123 e. The van der Waals surface area contributed by atoms with Crippen molar-refractivity contribution < 1.29 is 0 Å². The van der Waals surface area contributed by atoms with E-state index in [1.807, 2.05) is 0 Å². The van der Waals surface area contributed by atoms with Crippen molar-refractivity contribution in [2.75, 3.05) is 26.7 Å². The van der Waals surface area contributed by atoms with E-state index in [1.165, 1.54) is 64.6 Å². The SMILES string of the molecule is CNCCCN1CCCC2CCCCC21. The maximum atomic E-state index is 3.25. The summed E-state index contributed by atoms with van der Waals surface area (Å²) in [5, 5.41) is 3.25. The van der Waals surface area contributed by atoms with Crippen LogP contribution in [0.5, 0.6) is 0 Å². The third-order valence-corrected chi connectivity index (χ3v) is 4.23. The summed E-state index contributed by atoms with van der Waals surface area (Å²) < 4.78 is 0. The van der Waals surface area contributed by atoms with Crippen molar-refractivity contribution in [3.63, 3.8) is 0 Å². The van der Waals surface area contributed by atoms with Crippen LogP contribution in [0.3, 0.4) is 0 Å². The Labute approximate surface area is 94.4 Å². The van der Waals surface area contributed by atoms with Crippen LogP contribution in [0.4, 0.5) is 0 Å². The van der Waals surface area contributed by atoms with Crippen LogP contribution in [0.15, 0.2) is 0 Å². The van der Waals surface area contributed by atoms with Crippen LogP contribution in [0.1, 0.15) is 44.9 Å². The molecule has 0 aromatic heterocycles. The molecule has 0 aromatic rings. The highest BCUT2D eigenvalue weighted by atomic mass is 15.2.